The molecule has 0 heterocycles. The summed E-state index contributed by atoms with van der Waals surface area (Å²) < 4.78 is 13.0. The fourth-order valence-corrected chi connectivity index (χ4v) is 2.05. The Balaban J connectivity index is 2.41. The van der Waals surface area contributed by atoms with Crippen LogP contribution in [0.25, 0.3) is 5.57 Å². The second-order valence-corrected chi connectivity index (χ2v) is 4.76. The van der Waals surface area contributed by atoms with Crippen molar-refractivity contribution >= 4 is 11.3 Å². The minimum absolute atomic E-state index is 0.227. The molecule has 0 saturated heterocycles. The normalized spacial score (nSPS) is 11.2. The van der Waals surface area contributed by atoms with E-state index in [1.54, 1.807) is 18.2 Å². The number of hydrogen-bond donors (Lipinski definition) is 0. The summed E-state index contributed by atoms with van der Waals surface area (Å²) in [5.41, 5.74) is 4.24. The molecule has 0 aromatic heterocycles. The molecule has 0 aliphatic heterocycles. The van der Waals surface area contributed by atoms with Gasteiger partial charge in [0, 0.05) is 19.8 Å². The van der Waals surface area contributed by atoms with Crippen LogP contribution in [-0.2, 0) is 0 Å². The molecule has 0 fully saturated rings. The lowest BCUT2D eigenvalue weighted by Gasteiger charge is -2.14. The Hall–Kier alpha value is -2.35. The molecule has 0 atom stereocenters. The highest BCUT2D eigenvalue weighted by Gasteiger charge is 2.05. The second kappa shape index (κ2) is 6.20. The molecule has 0 bridgehead atoms. The molecule has 0 saturated carbocycles. The Bertz CT molecular complexity index is 607. The summed E-state index contributed by atoms with van der Waals surface area (Å²) in [6.07, 6.45) is 3.69. The summed E-state index contributed by atoms with van der Waals surface area (Å²) in [4.78, 5) is 2.05. The SMILES string of the molecule is C=C/C=C(/c1ccc(F)cc1)c1ccc(N(C)C)cc1. The van der Waals surface area contributed by atoms with E-state index in [1.807, 2.05) is 20.2 Å². The van der Waals surface area contributed by atoms with Gasteiger partial charge in [0.05, 0.1) is 0 Å². The lowest BCUT2D eigenvalue weighted by molar-refractivity contribution is 0.627. The molecule has 0 aliphatic rings. The number of anilines is 1. The van der Waals surface area contributed by atoms with Gasteiger partial charge in [-0.15, -0.1) is 0 Å². The van der Waals surface area contributed by atoms with Gasteiger partial charge in [0.1, 0.15) is 5.82 Å². The molecule has 0 radical (unpaired) electrons. The van der Waals surface area contributed by atoms with Gasteiger partial charge in [0.25, 0.3) is 0 Å². The van der Waals surface area contributed by atoms with E-state index in [1.165, 1.54) is 12.1 Å². The topological polar surface area (TPSA) is 3.24 Å². The van der Waals surface area contributed by atoms with E-state index in [0.29, 0.717) is 0 Å². The first-order chi connectivity index (χ1) is 9.61. The maximum atomic E-state index is 13.0. The van der Waals surface area contributed by atoms with Gasteiger partial charge in [-0.3, -0.25) is 0 Å². The second-order valence-electron chi connectivity index (χ2n) is 4.76. The number of allylic oxidation sites excluding steroid dienone is 2. The molecule has 1 nitrogen and oxygen atoms in total. The molecular weight excluding hydrogens is 249 g/mol. The quantitative estimate of drug-likeness (QED) is 0.737. The van der Waals surface area contributed by atoms with E-state index in [-0.39, 0.29) is 5.82 Å². The maximum Gasteiger partial charge on any atom is 0.123 e. The molecule has 0 aliphatic carbocycles. The molecule has 2 heteroatoms. The number of hydrogen-bond acceptors (Lipinski definition) is 1. The van der Waals surface area contributed by atoms with Crippen molar-refractivity contribution in [3.8, 4) is 0 Å². The highest BCUT2D eigenvalue weighted by atomic mass is 19.1. The van der Waals surface area contributed by atoms with Crippen molar-refractivity contribution in [1.29, 1.82) is 0 Å². The van der Waals surface area contributed by atoms with E-state index >= 15 is 0 Å². The van der Waals surface area contributed by atoms with E-state index in [9.17, 15) is 4.39 Å². The van der Waals surface area contributed by atoms with Crippen molar-refractivity contribution in [1.82, 2.24) is 0 Å². The van der Waals surface area contributed by atoms with Crippen molar-refractivity contribution in [2.45, 2.75) is 0 Å². The molecule has 0 unspecified atom stereocenters. The van der Waals surface area contributed by atoms with Crippen molar-refractivity contribution in [2.75, 3.05) is 19.0 Å². The van der Waals surface area contributed by atoms with Crippen LogP contribution in [0, 0.1) is 5.82 Å². The van der Waals surface area contributed by atoms with Gasteiger partial charge in [-0.1, -0.05) is 43.0 Å². The minimum atomic E-state index is -0.227. The summed E-state index contributed by atoms with van der Waals surface area (Å²) >= 11 is 0. The smallest absolute Gasteiger partial charge is 0.123 e. The van der Waals surface area contributed by atoms with Gasteiger partial charge in [-0.05, 0) is 41.0 Å². The van der Waals surface area contributed by atoms with Crippen LogP contribution in [-0.4, -0.2) is 14.1 Å². The fraction of sp³-hybridized carbons (Fsp3) is 0.111. The molecule has 0 spiro atoms. The van der Waals surface area contributed by atoms with Gasteiger partial charge in [0.2, 0.25) is 0 Å². The van der Waals surface area contributed by atoms with E-state index in [4.69, 9.17) is 0 Å². The Morgan fingerprint density at radius 2 is 1.45 bits per heavy atom. The molecular formula is C18H18FN. The Morgan fingerprint density at radius 3 is 1.90 bits per heavy atom. The highest BCUT2D eigenvalue weighted by molar-refractivity contribution is 5.81. The van der Waals surface area contributed by atoms with Gasteiger partial charge < -0.3 is 4.90 Å². The van der Waals surface area contributed by atoms with Gasteiger partial charge in [-0.2, -0.15) is 0 Å². The molecule has 0 N–H and O–H groups in total. The van der Waals surface area contributed by atoms with Crippen molar-refractivity contribution < 1.29 is 4.39 Å². The summed E-state index contributed by atoms with van der Waals surface area (Å²) in [6, 6.07) is 14.8. The standard InChI is InChI=1S/C18H18FN/c1-4-5-18(14-6-10-16(19)11-7-14)15-8-12-17(13-9-15)20(2)3/h4-13H,1H2,2-3H3/b18-5-. The molecule has 102 valence electrons. The van der Waals surface area contributed by atoms with E-state index in [2.05, 4.69) is 35.7 Å². The summed E-state index contributed by atoms with van der Waals surface area (Å²) in [7, 11) is 4.02. The Labute approximate surface area is 119 Å². The van der Waals surface area contributed by atoms with Crippen LogP contribution < -0.4 is 4.90 Å². The summed E-state index contributed by atoms with van der Waals surface area (Å²) in [5.74, 6) is -0.227. The molecule has 2 aromatic carbocycles. The minimum Gasteiger partial charge on any atom is -0.378 e. The van der Waals surface area contributed by atoms with Crippen LogP contribution in [0.15, 0.2) is 67.3 Å². The number of halogens is 1. The molecule has 2 rings (SSSR count). The van der Waals surface area contributed by atoms with Crippen molar-refractivity contribution in [2.24, 2.45) is 0 Å². The molecule has 0 amide bonds. The highest BCUT2D eigenvalue weighted by Crippen LogP contribution is 2.25. The van der Waals surface area contributed by atoms with Crippen LogP contribution in [0.2, 0.25) is 0 Å². The average Bonchev–Trinajstić information content (AvgIpc) is 2.46. The van der Waals surface area contributed by atoms with Crippen LogP contribution in [0.5, 0.6) is 0 Å². The Kier molecular flexibility index (Phi) is 4.36. The van der Waals surface area contributed by atoms with Gasteiger partial charge >= 0.3 is 0 Å². The first-order valence-corrected chi connectivity index (χ1v) is 6.48. The summed E-state index contributed by atoms with van der Waals surface area (Å²) in [5, 5.41) is 0. The monoisotopic (exact) mass is 267 g/mol. The van der Waals surface area contributed by atoms with Crippen LogP contribution in [0.4, 0.5) is 10.1 Å². The van der Waals surface area contributed by atoms with Crippen molar-refractivity contribution in [3.05, 3.63) is 84.2 Å². The van der Waals surface area contributed by atoms with E-state index in [0.717, 1.165) is 22.4 Å². The lowest BCUT2D eigenvalue weighted by Crippen LogP contribution is -2.08. The van der Waals surface area contributed by atoms with Gasteiger partial charge in [-0.25, -0.2) is 4.39 Å². The molecule has 20 heavy (non-hydrogen) atoms. The zero-order valence-corrected chi connectivity index (χ0v) is 11.8. The Morgan fingerprint density at radius 1 is 0.950 bits per heavy atom. The van der Waals surface area contributed by atoms with Crippen LogP contribution >= 0.6 is 0 Å². The molecule has 2 aromatic rings. The number of nitrogens with zero attached hydrogens (tertiary/aromatic N) is 1. The average molecular weight is 267 g/mol. The van der Waals surface area contributed by atoms with E-state index < -0.39 is 0 Å². The zero-order valence-electron chi connectivity index (χ0n) is 11.8. The third-order valence-electron chi connectivity index (χ3n) is 3.13. The first-order valence-electron chi connectivity index (χ1n) is 6.48. The zero-order chi connectivity index (χ0) is 14.5. The predicted octanol–water partition coefficient (Wildman–Crippen LogP) is 4.51. The maximum absolute atomic E-state index is 13.0. The summed E-state index contributed by atoms with van der Waals surface area (Å²) in [6.45, 7) is 3.76. The van der Waals surface area contributed by atoms with Gasteiger partial charge in [0.15, 0.2) is 0 Å². The van der Waals surface area contributed by atoms with Crippen LogP contribution in [0.1, 0.15) is 11.1 Å². The third-order valence-corrected chi connectivity index (χ3v) is 3.13. The predicted molar refractivity (Wildman–Crippen MR) is 84.4 cm³/mol. The lowest BCUT2D eigenvalue weighted by atomic mass is 9.97. The van der Waals surface area contributed by atoms with Crippen molar-refractivity contribution in [3.63, 3.8) is 0 Å². The first kappa shape index (κ1) is 14.1. The number of benzene rings is 2. The fourth-order valence-electron chi connectivity index (χ4n) is 2.05. The third kappa shape index (κ3) is 3.15. The van der Waals surface area contributed by atoms with Crippen LogP contribution in [0.3, 0.4) is 0 Å². The number of rotatable bonds is 4. The largest absolute Gasteiger partial charge is 0.378 e.